The highest BCUT2D eigenvalue weighted by Crippen LogP contribution is 2.12. The molecule has 0 aliphatic carbocycles. The Morgan fingerprint density at radius 2 is 1.00 bits per heavy atom. The lowest BCUT2D eigenvalue weighted by molar-refractivity contribution is 0.0520. The van der Waals surface area contributed by atoms with Crippen molar-refractivity contribution in [2.75, 3.05) is 40.6 Å². The number of ether oxygens (including phenoxy) is 3. The molecular formula is C22H52O3. The van der Waals surface area contributed by atoms with Crippen LogP contribution in [0.25, 0.3) is 0 Å². The SMILES string of the molecule is C.C.COCC(C)CCC(C)C.COCCOCC(C)CCC(C)C. The van der Waals surface area contributed by atoms with Gasteiger partial charge in [0.05, 0.1) is 13.2 Å². The van der Waals surface area contributed by atoms with Gasteiger partial charge in [0, 0.05) is 27.4 Å². The highest BCUT2D eigenvalue weighted by atomic mass is 16.5. The molecule has 0 heterocycles. The van der Waals surface area contributed by atoms with E-state index in [1.165, 1.54) is 25.7 Å². The Hall–Kier alpha value is -0.120. The molecule has 0 aliphatic rings. The molecule has 0 fully saturated rings. The van der Waals surface area contributed by atoms with Gasteiger partial charge < -0.3 is 14.2 Å². The lowest BCUT2D eigenvalue weighted by Gasteiger charge is -2.12. The van der Waals surface area contributed by atoms with E-state index in [4.69, 9.17) is 14.2 Å². The molecular weight excluding hydrogens is 312 g/mol. The second-order valence-electron chi connectivity index (χ2n) is 7.68. The highest BCUT2D eigenvalue weighted by Gasteiger charge is 2.03. The predicted molar refractivity (Wildman–Crippen MR) is 115 cm³/mol. The minimum atomic E-state index is 0. The summed E-state index contributed by atoms with van der Waals surface area (Å²) in [5.74, 6) is 3.05. The van der Waals surface area contributed by atoms with E-state index < -0.39 is 0 Å². The van der Waals surface area contributed by atoms with Gasteiger partial charge in [0.25, 0.3) is 0 Å². The van der Waals surface area contributed by atoms with Crippen molar-refractivity contribution in [1.82, 2.24) is 0 Å². The van der Waals surface area contributed by atoms with Crippen molar-refractivity contribution >= 4 is 0 Å². The number of hydrogen-bond acceptors (Lipinski definition) is 3. The number of rotatable bonds is 13. The van der Waals surface area contributed by atoms with Gasteiger partial charge in [-0.1, -0.05) is 69.2 Å². The molecule has 0 saturated heterocycles. The summed E-state index contributed by atoms with van der Waals surface area (Å²) >= 11 is 0. The maximum absolute atomic E-state index is 5.44. The van der Waals surface area contributed by atoms with Crippen molar-refractivity contribution in [3.05, 3.63) is 0 Å². The summed E-state index contributed by atoms with van der Waals surface area (Å²) in [6.07, 6.45) is 5.19. The van der Waals surface area contributed by atoms with Crippen molar-refractivity contribution in [3.63, 3.8) is 0 Å². The van der Waals surface area contributed by atoms with Crippen LogP contribution in [0.15, 0.2) is 0 Å². The minimum Gasteiger partial charge on any atom is -0.384 e. The van der Waals surface area contributed by atoms with Crippen LogP contribution in [0.2, 0.25) is 0 Å². The topological polar surface area (TPSA) is 27.7 Å². The molecule has 0 bridgehead atoms. The Balaban J connectivity index is -0.000000168. The van der Waals surface area contributed by atoms with Gasteiger partial charge in [-0.2, -0.15) is 0 Å². The third-order valence-electron chi connectivity index (χ3n) is 3.76. The fourth-order valence-corrected chi connectivity index (χ4v) is 2.11. The monoisotopic (exact) mass is 364 g/mol. The van der Waals surface area contributed by atoms with E-state index in [9.17, 15) is 0 Å². The number of methoxy groups -OCH3 is 2. The van der Waals surface area contributed by atoms with Gasteiger partial charge >= 0.3 is 0 Å². The average molecular weight is 365 g/mol. The molecule has 0 radical (unpaired) electrons. The fourth-order valence-electron chi connectivity index (χ4n) is 2.11. The van der Waals surface area contributed by atoms with Crippen LogP contribution in [0.3, 0.4) is 0 Å². The summed E-state index contributed by atoms with van der Waals surface area (Å²) < 4.78 is 15.4. The molecule has 0 aromatic rings. The van der Waals surface area contributed by atoms with E-state index in [-0.39, 0.29) is 14.9 Å². The molecule has 0 rings (SSSR count). The van der Waals surface area contributed by atoms with E-state index in [1.807, 2.05) is 0 Å². The molecule has 0 aliphatic heterocycles. The molecule has 0 aromatic heterocycles. The Labute approximate surface area is 161 Å². The standard InChI is InChI=1S/C11H24O2.C9H20O.2CH4/c1-10(2)5-6-11(3)9-13-8-7-12-4;1-8(2)5-6-9(3)7-10-4;;/h10-11H,5-9H2,1-4H3;8-9H,5-7H2,1-4H3;2*1H4. The quantitative estimate of drug-likeness (QED) is 0.340. The second-order valence-corrected chi connectivity index (χ2v) is 7.68. The maximum Gasteiger partial charge on any atom is 0.0700 e. The molecule has 0 spiro atoms. The van der Waals surface area contributed by atoms with E-state index in [1.54, 1.807) is 14.2 Å². The van der Waals surface area contributed by atoms with Crippen LogP contribution in [0.5, 0.6) is 0 Å². The first kappa shape index (κ1) is 32.5. The summed E-state index contributed by atoms with van der Waals surface area (Å²) in [4.78, 5) is 0. The zero-order chi connectivity index (χ0) is 18.1. The Bertz CT molecular complexity index is 217. The van der Waals surface area contributed by atoms with Gasteiger partial charge in [-0.05, 0) is 36.5 Å². The zero-order valence-electron chi connectivity index (χ0n) is 17.2. The fraction of sp³-hybridized carbons (Fsp3) is 1.00. The summed E-state index contributed by atoms with van der Waals surface area (Å²) in [5.41, 5.74) is 0. The van der Waals surface area contributed by atoms with Crippen LogP contribution in [0.4, 0.5) is 0 Å². The van der Waals surface area contributed by atoms with Crippen LogP contribution >= 0.6 is 0 Å². The first-order valence-electron chi connectivity index (χ1n) is 9.38. The van der Waals surface area contributed by atoms with Crippen molar-refractivity contribution in [2.24, 2.45) is 23.7 Å². The van der Waals surface area contributed by atoms with E-state index in [0.717, 1.165) is 37.6 Å². The third kappa shape index (κ3) is 32.1. The van der Waals surface area contributed by atoms with Gasteiger partial charge in [0.15, 0.2) is 0 Å². The predicted octanol–water partition coefficient (Wildman–Crippen LogP) is 6.70. The molecule has 0 aromatic carbocycles. The largest absolute Gasteiger partial charge is 0.384 e. The van der Waals surface area contributed by atoms with Gasteiger partial charge in [-0.25, -0.2) is 0 Å². The van der Waals surface area contributed by atoms with Crippen molar-refractivity contribution in [1.29, 1.82) is 0 Å². The molecule has 0 N–H and O–H groups in total. The smallest absolute Gasteiger partial charge is 0.0700 e. The first-order chi connectivity index (χ1) is 10.8. The van der Waals surface area contributed by atoms with Crippen LogP contribution in [-0.2, 0) is 14.2 Å². The maximum atomic E-state index is 5.44. The lowest BCUT2D eigenvalue weighted by atomic mass is 10.0. The average Bonchev–Trinajstić information content (AvgIpc) is 2.48. The molecule has 3 nitrogen and oxygen atoms in total. The zero-order valence-corrected chi connectivity index (χ0v) is 17.2. The third-order valence-corrected chi connectivity index (χ3v) is 3.76. The van der Waals surface area contributed by atoms with Crippen molar-refractivity contribution < 1.29 is 14.2 Å². The molecule has 158 valence electrons. The molecule has 25 heavy (non-hydrogen) atoms. The van der Waals surface area contributed by atoms with Crippen LogP contribution < -0.4 is 0 Å². The van der Waals surface area contributed by atoms with Gasteiger partial charge in [-0.15, -0.1) is 0 Å². The normalized spacial score (nSPS) is 12.7. The van der Waals surface area contributed by atoms with Crippen molar-refractivity contribution in [3.8, 4) is 0 Å². The van der Waals surface area contributed by atoms with E-state index in [0.29, 0.717) is 12.5 Å². The Morgan fingerprint density at radius 3 is 1.36 bits per heavy atom. The lowest BCUT2D eigenvalue weighted by Crippen LogP contribution is -2.10. The van der Waals surface area contributed by atoms with Crippen molar-refractivity contribution in [2.45, 2.75) is 82.1 Å². The summed E-state index contributed by atoms with van der Waals surface area (Å²) in [6.45, 7) is 16.7. The molecule has 0 amide bonds. The van der Waals surface area contributed by atoms with Crippen LogP contribution in [0.1, 0.15) is 82.1 Å². The number of hydrogen-bond donors (Lipinski definition) is 0. The Kier molecular flexibility index (Phi) is 31.1. The van der Waals surface area contributed by atoms with E-state index >= 15 is 0 Å². The van der Waals surface area contributed by atoms with Gasteiger partial charge in [0.2, 0.25) is 0 Å². The second kappa shape index (κ2) is 23.9. The highest BCUT2D eigenvalue weighted by molar-refractivity contribution is 4.54. The van der Waals surface area contributed by atoms with E-state index in [2.05, 4.69) is 41.5 Å². The minimum absolute atomic E-state index is 0. The summed E-state index contributed by atoms with van der Waals surface area (Å²) in [5, 5.41) is 0. The molecule has 2 atom stereocenters. The molecule has 2 unspecified atom stereocenters. The van der Waals surface area contributed by atoms with Gasteiger partial charge in [-0.3, -0.25) is 0 Å². The molecule has 3 heteroatoms. The Morgan fingerprint density at radius 1 is 0.560 bits per heavy atom. The summed E-state index contributed by atoms with van der Waals surface area (Å²) in [6, 6.07) is 0. The first-order valence-corrected chi connectivity index (χ1v) is 9.38. The van der Waals surface area contributed by atoms with Gasteiger partial charge in [0.1, 0.15) is 0 Å². The summed E-state index contributed by atoms with van der Waals surface area (Å²) in [7, 11) is 3.47. The van der Waals surface area contributed by atoms with Crippen LogP contribution in [0, 0.1) is 23.7 Å². The molecule has 0 saturated carbocycles. The van der Waals surface area contributed by atoms with Crippen LogP contribution in [-0.4, -0.2) is 40.6 Å².